The van der Waals surface area contributed by atoms with Crippen LogP contribution in [0, 0.1) is 5.92 Å². The standard InChI is InChI=1S/C28H31N5O3/c1-36-25-6-3-2-5-24(25)28(35)32-16-12-21(13-17-32)20-8-10-23(11-9-20)30-27(34)22-14-18-33(19-22)26-7-4-15-29-31-26/h2-11,15,21-22H,12-14,16-19H2,1H3,(H,30,34)/t22-/m0/s1. The van der Waals surface area contributed by atoms with E-state index < -0.39 is 0 Å². The van der Waals surface area contributed by atoms with Crippen LogP contribution in [-0.2, 0) is 4.79 Å². The van der Waals surface area contributed by atoms with E-state index in [1.165, 1.54) is 5.56 Å². The molecule has 0 bridgehead atoms. The SMILES string of the molecule is COc1ccccc1C(=O)N1CCC(c2ccc(NC(=O)[C@H]3CCN(c4cccnn4)C3)cc2)CC1. The molecule has 3 heterocycles. The summed E-state index contributed by atoms with van der Waals surface area (Å²) in [5.74, 6) is 1.81. The molecule has 0 saturated carbocycles. The maximum absolute atomic E-state index is 13.0. The number of piperidine rings is 1. The number of para-hydroxylation sites is 1. The molecule has 0 radical (unpaired) electrons. The van der Waals surface area contributed by atoms with E-state index in [9.17, 15) is 9.59 Å². The van der Waals surface area contributed by atoms with Crippen LogP contribution in [0.1, 0.15) is 41.1 Å². The van der Waals surface area contributed by atoms with Crippen molar-refractivity contribution in [3.63, 3.8) is 0 Å². The highest BCUT2D eigenvalue weighted by Crippen LogP contribution is 2.31. The van der Waals surface area contributed by atoms with Gasteiger partial charge in [-0.2, -0.15) is 5.10 Å². The molecule has 2 saturated heterocycles. The average Bonchev–Trinajstić information content (AvgIpc) is 3.44. The van der Waals surface area contributed by atoms with Gasteiger partial charge < -0.3 is 19.9 Å². The summed E-state index contributed by atoms with van der Waals surface area (Å²) in [5.41, 5.74) is 2.66. The average molecular weight is 486 g/mol. The second-order valence-electron chi connectivity index (χ2n) is 9.39. The highest BCUT2D eigenvalue weighted by Gasteiger charge is 2.29. The maximum atomic E-state index is 13.0. The molecule has 36 heavy (non-hydrogen) atoms. The van der Waals surface area contributed by atoms with Crippen molar-refractivity contribution < 1.29 is 14.3 Å². The molecule has 2 amide bonds. The van der Waals surface area contributed by atoms with Gasteiger partial charge >= 0.3 is 0 Å². The first-order chi connectivity index (χ1) is 17.6. The fourth-order valence-corrected chi connectivity index (χ4v) is 5.13. The lowest BCUT2D eigenvalue weighted by atomic mass is 9.89. The van der Waals surface area contributed by atoms with Gasteiger partial charge in [0.2, 0.25) is 5.91 Å². The molecule has 0 aliphatic carbocycles. The lowest BCUT2D eigenvalue weighted by molar-refractivity contribution is -0.119. The van der Waals surface area contributed by atoms with E-state index in [4.69, 9.17) is 4.74 Å². The van der Waals surface area contributed by atoms with Crippen LogP contribution in [0.3, 0.4) is 0 Å². The van der Waals surface area contributed by atoms with Gasteiger partial charge in [0, 0.05) is 38.1 Å². The van der Waals surface area contributed by atoms with Crippen molar-refractivity contribution in [3.05, 3.63) is 78.0 Å². The molecule has 8 heteroatoms. The number of methoxy groups -OCH3 is 1. The molecular weight excluding hydrogens is 454 g/mol. The number of hydrogen-bond acceptors (Lipinski definition) is 6. The van der Waals surface area contributed by atoms with Crippen LogP contribution in [0.4, 0.5) is 11.5 Å². The van der Waals surface area contributed by atoms with E-state index in [1.54, 1.807) is 13.3 Å². The molecule has 0 spiro atoms. The Balaban J connectivity index is 1.13. The largest absolute Gasteiger partial charge is 0.496 e. The fourth-order valence-electron chi connectivity index (χ4n) is 5.13. The molecule has 1 N–H and O–H groups in total. The summed E-state index contributed by atoms with van der Waals surface area (Å²) < 4.78 is 5.36. The van der Waals surface area contributed by atoms with E-state index in [1.807, 2.05) is 53.4 Å². The maximum Gasteiger partial charge on any atom is 0.257 e. The van der Waals surface area contributed by atoms with Crippen molar-refractivity contribution in [1.29, 1.82) is 0 Å². The summed E-state index contributed by atoms with van der Waals surface area (Å²) in [6.07, 6.45) is 4.27. The van der Waals surface area contributed by atoms with E-state index in [-0.39, 0.29) is 17.7 Å². The minimum atomic E-state index is -0.0724. The number of anilines is 2. The Hall–Kier alpha value is -3.94. The van der Waals surface area contributed by atoms with Crippen molar-refractivity contribution in [2.24, 2.45) is 5.92 Å². The van der Waals surface area contributed by atoms with Gasteiger partial charge in [0.15, 0.2) is 5.82 Å². The minimum Gasteiger partial charge on any atom is -0.496 e. The van der Waals surface area contributed by atoms with Crippen molar-refractivity contribution >= 4 is 23.3 Å². The molecule has 1 atom stereocenters. The monoisotopic (exact) mass is 485 g/mol. The van der Waals surface area contributed by atoms with Gasteiger partial charge in [-0.05, 0) is 67.1 Å². The second kappa shape index (κ2) is 10.8. The van der Waals surface area contributed by atoms with Gasteiger partial charge in [-0.15, -0.1) is 5.10 Å². The lowest BCUT2D eigenvalue weighted by Gasteiger charge is -2.32. The van der Waals surface area contributed by atoms with Crippen molar-refractivity contribution in [3.8, 4) is 5.75 Å². The molecular formula is C28H31N5O3. The number of nitrogens with zero attached hydrogens (tertiary/aromatic N) is 4. The number of ether oxygens (including phenoxy) is 1. The molecule has 5 rings (SSSR count). The predicted molar refractivity (Wildman–Crippen MR) is 138 cm³/mol. The van der Waals surface area contributed by atoms with Crippen LogP contribution in [0.25, 0.3) is 0 Å². The topological polar surface area (TPSA) is 87.7 Å². The zero-order valence-electron chi connectivity index (χ0n) is 20.5. The summed E-state index contributed by atoms with van der Waals surface area (Å²) in [4.78, 5) is 29.8. The molecule has 2 aliphatic heterocycles. The fraction of sp³-hybridized carbons (Fsp3) is 0.357. The third-order valence-electron chi connectivity index (χ3n) is 7.21. The molecule has 3 aromatic rings. The van der Waals surface area contributed by atoms with Crippen LogP contribution in [0.5, 0.6) is 5.75 Å². The van der Waals surface area contributed by atoms with E-state index in [0.29, 0.717) is 36.9 Å². The smallest absolute Gasteiger partial charge is 0.257 e. The first kappa shape index (κ1) is 23.8. The van der Waals surface area contributed by atoms with Gasteiger partial charge in [0.1, 0.15) is 5.75 Å². The Morgan fingerprint density at radius 2 is 1.72 bits per heavy atom. The van der Waals surface area contributed by atoms with E-state index >= 15 is 0 Å². The molecule has 186 valence electrons. The van der Waals surface area contributed by atoms with Crippen molar-refractivity contribution in [1.82, 2.24) is 15.1 Å². The number of carbonyl (C=O) groups is 2. The summed E-state index contributed by atoms with van der Waals surface area (Å²) in [6, 6.07) is 19.3. The Kier molecular flexibility index (Phi) is 7.11. The Morgan fingerprint density at radius 3 is 2.44 bits per heavy atom. The Bertz CT molecular complexity index is 1190. The highest BCUT2D eigenvalue weighted by atomic mass is 16.5. The number of benzene rings is 2. The molecule has 2 aliphatic rings. The quantitative estimate of drug-likeness (QED) is 0.569. The Labute approximate surface area is 211 Å². The molecule has 2 aromatic carbocycles. The van der Waals surface area contributed by atoms with Gasteiger partial charge in [-0.3, -0.25) is 9.59 Å². The number of aromatic nitrogens is 2. The number of hydrogen-bond donors (Lipinski definition) is 1. The van der Waals surface area contributed by atoms with Crippen LogP contribution >= 0.6 is 0 Å². The van der Waals surface area contributed by atoms with E-state index in [0.717, 1.165) is 37.3 Å². The number of carbonyl (C=O) groups excluding carboxylic acids is 2. The first-order valence-corrected chi connectivity index (χ1v) is 12.5. The number of amides is 2. The Morgan fingerprint density at radius 1 is 0.944 bits per heavy atom. The second-order valence-corrected chi connectivity index (χ2v) is 9.39. The van der Waals surface area contributed by atoms with Gasteiger partial charge in [-0.25, -0.2) is 0 Å². The number of rotatable bonds is 6. The van der Waals surface area contributed by atoms with Crippen molar-refractivity contribution in [2.75, 3.05) is 43.5 Å². The van der Waals surface area contributed by atoms with Crippen LogP contribution in [0.2, 0.25) is 0 Å². The molecule has 0 unspecified atom stereocenters. The summed E-state index contributed by atoms with van der Waals surface area (Å²) >= 11 is 0. The van der Waals surface area contributed by atoms with Gasteiger partial charge in [0.05, 0.1) is 18.6 Å². The molecule has 1 aromatic heterocycles. The number of nitrogens with one attached hydrogen (secondary N) is 1. The van der Waals surface area contributed by atoms with Gasteiger partial charge in [-0.1, -0.05) is 24.3 Å². The summed E-state index contributed by atoms with van der Waals surface area (Å²) in [7, 11) is 1.59. The van der Waals surface area contributed by atoms with Gasteiger partial charge in [0.25, 0.3) is 5.91 Å². The summed E-state index contributed by atoms with van der Waals surface area (Å²) in [5, 5.41) is 11.1. The van der Waals surface area contributed by atoms with Crippen molar-refractivity contribution in [2.45, 2.75) is 25.2 Å². The molecule has 2 fully saturated rings. The lowest BCUT2D eigenvalue weighted by Crippen LogP contribution is -2.38. The predicted octanol–water partition coefficient (Wildman–Crippen LogP) is 3.97. The van der Waals surface area contributed by atoms with Crippen LogP contribution in [-0.4, -0.2) is 60.2 Å². The third kappa shape index (κ3) is 5.17. The molecule has 8 nitrogen and oxygen atoms in total. The normalized spacial score (nSPS) is 18.2. The summed E-state index contributed by atoms with van der Waals surface area (Å²) in [6.45, 7) is 2.87. The minimum absolute atomic E-state index is 0.0220. The van der Waals surface area contributed by atoms with Crippen LogP contribution in [0.15, 0.2) is 66.9 Å². The zero-order valence-corrected chi connectivity index (χ0v) is 20.5. The van der Waals surface area contributed by atoms with E-state index in [2.05, 4.69) is 32.5 Å². The third-order valence-corrected chi connectivity index (χ3v) is 7.21. The first-order valence-electron chi connectivity index (χ1n) is 12.5. The zero-order chi connectivity index (χ0) is 24.9. The highest BCUT2D eigenvalue weighted by molar-refractivity contribution is 5.97. The van der Waals surface area contributed by atoms with Crippen LogP contribution < -0.4 is 15.0 Å². The number of likely N-dealkylation sites (tertiary alicyclic amines) is 1.